The third-order valence-corrected chi connectivity index (χ3v) is 3.86. The van der Waals surface area contributed by atoms with Crippen LogP contribution in [0.2, 0.25) is 0 Å². The van der Waals surface area contributed by atoms with Gasteiger partial charge in [0.05, 0.1) is 7.11 Å². The van der Waals surface area contributed by atoms with Crippen LogP contribution in [-0.2, 0) is 11.2 Å². The van der Waals surface area contributed by atoms with Crippen LogP contribution in [0.5, 0.6) is 5.75 Å². The normalized spacial score (nSPS) is 12.0. The molecule has 1 atom stereocenters. The van der Waals surface area contributed by atoms with Crippen molar-refractivity contribution in [2.75, 3.05) is 7.11 Å². The molecule has 0 fully saturated rings. The number of carboxylic acids is 1. The van der Waals surface area contributed by atoms with Crippen molar-refractivity contribution in [1.82, 2.24) is 0 Å². The van der Waals surface area contributed by atoms with Crippen molar-refractivity contribution in [3.05, 3.63) is 53.8 Å². The molecule has 1 unspecified atom stereocenters. The second-order valence-corrected chi connectivity index (χ2v) is 5.79. The highest BCUT2D eigenvalue weighted by molar-refractivity contribution is 5.67. The average molecular weight is 316 g/mol. The highest BCUT2D eigenvalue weighted by atomic mass is 19.1. The number of methoxy groups -OCH3 is 1. The summed E-state index contributed by atoms with van der Waals surface area (Å²) in [5, 5.41) is 8.80. The van der Waals surface area contributed by atoms with Crippen LogP contribution in [0.3, 0.4) is 0 Å². The molecule has 1 N–H and O–H groups in total. The summed E-state index contributed by atoms with van der Waals surface area (Å²) in [4.78, 5) is 10.7. The molecule has 0 radical (unpaired) electrons. The maximum atomic E-state index is 13.8. The molecule has 0 bridgehead atoms. The number of halogens is 1. The van der Waals surface area contributed by atoms with Crippen LogP contribution in [0.1, 0.15) is 25.3 Å². The molecule has 2 rings (SSSR count). The third kappa shape index (κ3) is 4.81. The molecule has 0 aliphatic rings. The van der Waals surface area contributed by atoms with Gasteiger partial charge in [0.2, 0.25) is 0 Å². The number of ether oxygens (including phenoxy) is 1. The van der Waals surface area contributed by atoms with Crippen LogP contribution in [-0.4, -0.2) is 18.2 Å². The molecule has 23 heavy (non-hydrogen) atoms. The lowest BCUT2D eigenvalue weighted by Crippen LogP contribution is -2.05. The van der Waals surface area contributed by atoms with Gasteiger partial charge in [-0.25, -0.2) is 4.39 Å². The van der Waals surface area contributed by atoms with Crippen molar-refractivity contribution in [2.45, 2.75) is 26.2 Å². The fourth-order valence-corrected chi connectivity index (χ4v) is 2.57. The average Bonchev–Trinajstić information content (AvgIpc) is 2.52. The SMILES string of the molecule is COc1ccc(-c2cccc(CCC(C)CC(=O)O)c2)cc1F. The van der Waals surface area contributed by atoms with Gasteiger partial charge in [-0.3, -0.25) is 4.79 Å². The number of benzene rings is 2. The number of aliphatic carboxylic acids is 1. The fourth-order valence-electron chi connectivity index (χ4n) is 2.57. The van der Waals surface area contributed by atoms with Crippen molar-refractivity contribution in [2.24, 2.45) is 5.92 Å². The minimum absolute atomic E-state index is 0.134. The zero-order valence-electron chi connectivity index (χ0n) is 13.4. The van der Waals surface area contributed by atoms with Crippen LogP contribution in [0.25, 0.3) is 11.1 Å². The zero-order chi connectivity index (χ0) is 16.8. The molecule has 3 nitrogen and oxygen atoms in total. The Morgan fingerprint density at radius 2 is 1.96 bits per heavy atom. The topological polar surface area (TPSA) is 46.5 Å². The minimum atomic E-state index is -0.764. The second kappa shape index (κ2) is 7.77. The summed E-state index contributed by atoms with van der Waals surface area (Å²) in [6, 6.07) is 12.8. The van der Waals surface area contributed by atoms with Gasteiger partial charge in [-0.05, 0) is 47.6 Å². The summed E-state index contributed by atoms with van der Waals surface area (Å²) in [7, 11) is 1.44. The van der Waals surface area contributed by atoms with Crippen molar-refractivity contribution >= 4 is 5.97 Å². The van der Waals surface area contributed by atoms with E-state index in [-0.39, 0.29) is 23.9 Å². The number of carboxylic acid groups (broad SMARTS) is 1. The Morgan fingerprint density at radius 3 is 2.61 bits per heavy atom. The van der Waals surface area contributed by atoms with Gasteiger partial charge >= 0.3 is 5.97 Å². The van der Waals surface area contributed by atoms with E-state index in [0.29, 0.717) is 0 Å². The van der Waals surface area contributed by atoms with E-state index in [9.17, 15) is 9.18 Å². The molecule has 0 aromatic heterocycles. The van der Waals surface area contributed by atoms with E-state index in [4.69, 9.17) is 9.84 Å². The Bertz CT molecular complexity index is 682. The van der Waals surface area contributed by atoms with Gasteiger partial charge in [0.1, 0.15) is 0 Å². The molecular formula is C19H21FO3. The van der Waals surface area contributed by atoms with E-state index in [2.05, 4.69) is 0 Å². The van der Waals surface area contributed by atoms with Gasteiger partial charge in [0.25, 0.3) is 0 Å². The van der Waals surface area contributed by atoms with Gasteiger partial charge in [-0.15, -0.1) is 0 Å². The smallest absolute Gasteiger partial charge is 0.303 e. The monoisotopic (exact) mass is 316 g/mol. The first kappa shape index (κ1) is 17.0. The molecule has 0 amide bonds. The summed E-state index contributed by atoms with van der Waals surface area (Å²) < 4.78 is 18.8. The Morgan fingerprint density at radius 1 is 1.22 bits per heavy atom. The quantitative estimate of drug-likeness (QED) is 0.815. The van der Waals surface area contributed by atoms with Crippen molar-refractivity contribution in [3.63, 3.8) is 0 Å². The van der Waals surface area contributed by atoms with E-state index >= 15 is 0 Å². The maximum Gasteiger partial charge on any atom is 0.303 e. The van der Waals surface area contributed by atoms with Crippen LogP contribution >= 0.6 is 0 Å². The lowest BCUT2D eigenvalue weighted by atomic mass is 9.96. The lowest BCUT2D eigenvalue weighted by molar-refractivity contribution is -0.138. The standard InChI is InChI=1S/C19H21FO3/c1-13(10-19(21)22)6-7-14-4-3-5-15(11-14)16-8-9-18(23-2)17(20)12-16/h3-5,8-9,11-13H,6-7,10H2,1-2H3,(H,21,22). The summed E-state index contributed by atoms with van der Waals surface area (Å²) in [5.41, 5.74) is 2.86. The molecule has 2 aromatic rings. The van der Waals surface area contributed by atoms with E-state index in [1.165, 1.54) is 13.2 Å². The molecule has 0 aliphatic carbocycles. The first-order valence-electron chi connectivity index (χ1n) is 7.64. The van der Waals surface area contributed by atoms with E-state index in [1.54, 1.807) is 6.07 Å². The van der Waals surface area contributed by atoms with Crippen LogP contribution in [0.4, 0.5) is 4.39 Å². The Kier molecular flexibility index (Phi) is 5.74. The van der Waals surface area contributed by atoms with Crippen LogP contribution < -0.4 is 4.74 Å². The Labute approximate surface area is 135 Å². The molecule has 0 aliphatic heterocycles. The van der Waals surface area contributed by atoms with Gasteiger partial charge in [0.15, 0.2) is 11.6 Å². The summed E-state index contributed by atoms with van der Waals surface area (Å²) in [6.45, 7) is 1.94. The molecule has 4 heteroatoms. The minimum Gasteiger partial charge on any atom is -0.494 e. The molecule has 0 heterocycles. The highest BCUT2D eigenvalue weighted by Crippen LogP contribution is 2.26. The summed E-state index contributed by atoms with van der Waals surface area (Å²) >= 11 is 0. The van der Waals surface area contributed by atoms with E-state index < -0.39 is 5.97 Å². The predicted octanol–water partition coefficient (Wildman–Crippen LogP) is 4.54. The molecular weight excluding hydrogens is 295 g/mol. The van der Waals surface area contributed by atoms with Crippen LogP contribution in [0, 0.1) is 11.7 Å². The summed E-state index contributed by atoms with van der Waals surface area (Å²) in [6.07, 6.45) is 1.80. The third-order valence-electron chi connectivity index (χ3n) is 3.86. The predicted molar refractivity (Wildman–Crippen MR) is 88.1 cm³/mol. The first-order valence-corrected chi connectivity index (χ1v) is 7.64. The molecule has 122 valence electrons. The summed E-state index contributed by atoms with van der Waals surface area (Å²) in [5.74, 6) is -0.785. The molecule has 0 saturated heterocycles. The van der Waals surface area contributed by atoms with Crippen molar-refractivity contribution in [1.29, 1.82) is 0 Å². The molecule has 0 spiro atoms. The Hall–Kier alpha value is -2.36. The van der Waals surface area contributed by atoms with Crippen LogP contribution in [0.15, 0.2) is 42.5 Å². The largest absolute Gasteiger partial charge is 0.494 e. The van der Waals surface area contributed by atoms with Crippen molar-refractivity contribution < 1.29 is 19.0 Å². The number of hydrogen-bond acceptors (Lipinski definition) is 2. The lowest BCUT2D eigenvalue weighted by Gasteiger charge is -2.10. The van der Waals surface area contributed by atoms with Gasteiger partial charge in [-0.2, -0.15) is 0 Å². The molecule has 2 aromatic carbocycles. The number of aryl methyl sites for hydroxylation is 1. The van der Waals surface area contributed by atoms with Gasteiger partial charge in [0, 0.05) is 6.42 Å². The number of rotatable bonds is 7. The van der Waals surface area contributed by atoms with Gasteiger partial charge < -0.3 is 9.84 Å². The number of hydrogen-bond donors (Lipinski definition) is 1. The van der Waals surface area contributed by atoms with Gasteiger partial charge in [-0.1, -0.05) is 37.3 Å². The maximum absolute atomic E-state index is 13.8. The van der Waals surface area contributed by atoms with Crippen molar-refractivity contribution in [3.8, 4) is 16.9 Å². The zero-order valence-corrected chi connectivity index (χ0v) is 13.4. The van der Waals surface area contributed by atoms with E-state index in [1.807, 2.05) is 37.3 Å². The fraction of sp³-hybridized carbons (Fsp3) is 0.316. The first-order chi connectivity index (χ1) is 11.0. The molecule has 0 saturated carbocycles. The number of carbonyl (C=O) groups is 1. The van der Waals surface area contributed by atoms with E-state index in [0.717, 1.165) is 29.5 Å². The second-order valence-electron chi connectivity index (χ2n) is 5.79. The highest BCUT2D eigenvalue weighted by Gasteiger charge is 2.09. The Balaban J connectivity index is 2.10.